The third-order valence-corrected chi connectivity index (χ3v) is 2.69. The molecule has 0 saturated heterocycles. The van der Waals surface area contributed by atoms with Crippen LogP contribution in [0.25, 0.3) is 0 Å². The van der Waals surface area contributed by atoms with Gasteiger partial charge in [-0.25, -0.2) is 9.59 Å². The van der Waals surface area contributed by atoms with E-state index < -0.39 is 36.0 Å². The maximum atomic E-state index is 11.9. The van der Waals surface area contributed by atoms with Gasteiger partial charge in [0, 0.05) is 0 Å². The monoisotopic (exact) mass is 294 g/mol. The van der Waals surface area contributed by atoms with Crippen LogP contribution in [0.4, 0.5) is 4.79 Å². The first-order chi connectivity index (χ1) is 9.82. The summed E-state index contributed by atoms with van der Waals surface area (Å²) in [6.07, 6.45) is -2.72. The molecule has 0 heterocycles. The molecule has 2 atom stereocenters. The Morgan fingerprint density at radius 1 is 1.19 bits per heavy atom. The van der Waals surface area contributed by atoms with Crippen LogP contribution in [0.3, 0.4) is 0 Å². The predicted molar refractivity (Wildman–Crippen MR) is 73.8 cm³/mol. The highest BCUT2D eigenvalue weighted by molar-refractivity contribution is 5.97. The number of nitrogens with one attached hydrogen (secondary N) is 1. The molecular weight excluding hydrogens is 276 g/mol. The summed E-state index contributed by atoms with van der Waals surface area (Å²) in [6.45, 7) is 3.26. The summed E-state index contributed by atoms with van der Waals surface area (Å²) in [5.74, 6) is -2.19. The van der Waals surface area contributed by atoms with Gasteiger partial charge < -0.3 is 15.6 Å². The molecule has 0 aromatic heterocycles. The number of imide groups is 1. The lowest BCUT2D eigenvalue weighted by molar-refractivity contribution is -0.166. The highest BCUT2D eigenvalue weighted by atomic mass is 16.6. The second-order valence-corrected chi connectivity index (χ2v) is 4.77. The van der Waals surface area contributed by atoms with E-state index >= 15 is 0 Å². The van der Waals surface area contributed by atoms with Gasteiger partial charge in [0.1, 0.15) is 0 Å². The van der Waals surface area contributed by atoms with Crippen molar-refractivity contribution < 1.29 is 24.2 Å². The van der Waals surface area contributed by atoms with Crippen LogP contribution < -0.4 is 11.1 Å². The molecular formula is C14H18N2O5. The first kappa shape index (κ1) is 16.6. The fourth-order valence-corrected chi connectivity index (χ4v) is 1.65. The normalized spacial score (nSPS) is 13.3. The van der Waals surface area contributed by atoms with Crippen LogP contribution in [0.5, 0.6) is 0 Å². The maximum Gasteiger partial charge on any atom is 0.340 e. The van der Waals surface area contributed by atoms with E-state index in [0.717, 1.165) is 0 Å². The van der Waals surface area contributed by atoms with Crippen LogP contribution in [-0.4, -0.2) is 29.1 Å². The number of carbonyl (C=O) groups is 3. The van der Waals surface area contributed by atoms with Crippen LogP contribution in [0, 0.1) is 5.92 Å². The maximum absolute atomic E-state index is 11.9. The number of amides is 3. The molecule has 0 aliphatic carbocycles. The number of primary amides is 1. The van der Waals surface area contributed by atoms with Crippen molar-refractivity contribution in [2.45, 2.75) is 26.1 Å². The van der Waals surface area contributed by atoms with E-state index in [-0.39, 0.29) is 0 Å². The number of hydrogen-bond donors (Lipinski definition) is 3. The minimum atomic E-state index is -1.51. The van der Waals surface area contributed by atoms with E-state index in [9.17, 15) is 19.5 Å². The predicted octanol–water partition coefficient (Wildman–Crippen LogP) is 0.483. The number of ether oxygens (including phenoxy) is 1. The molecule has 1 rings (SSSR count). The molecule has 7 heteroatoms. The van der Waals surface area contributed by atoms with Gasteiger partial charge >= 0.3 is 12.0 Å². The standard InChI is InChI=1S/C14H18N2O5/c1-8(2)11(12(18)16-14(15)20)21-13(19)10(17)9-6-4-3-5-7-9/h3-8,10-11,17H,1-2H3,(H3,15,16,18,20)/t10-,11+/m0/s1. The number of hydrogen-bond acceptors (Lipinski definition) is 5. The van der Waals surface area contributed by atoms with Crippen molar-refractivity contribution >= 4 is 17.9 Å². The fraction of sp³-hybridized carbons (Fsp3) is 0.357. The minimum Gasteiger partial charge on any atom is -0.450 e. The molecule has 0 spiro atoms. The number of aliphatic hydroxyl groups excluding tert-OH is 1. The zero-order chi connectivity index (χ0) is 16.0. The molecule has 0 saturated carbocycles. The molecule has 0 radical (unpaired) electrons. The van der Waals surface area contributed by atoms with Gasteiger partial charge in [-0.1, -0.05) is 44.2 Å². The molecule has 21 heavy (non-hydrogen) atoms. The molecule has 1 aromatic rings. The SMILES string of the molecule is CC(C)[C@@H](OC(=O)[C@@H](O)c1ccccc1)C(=O)NC(N)=O. The van der Waals surface area contributed by atoms with Crippen LogP contribution in [0.2, 0.25) is 0 Å². The highest BCUT2D eigenvalue weighted by Crippen LogP contribution is 2.17. The molecule has 114 valence electrons. The third kappa shape index (κ3) is 4.88. The number of carbonyl (C=O) groups excluding carboxylic acids is 3. The summed E-state index contributed by atoms with van der Waals surface area (Å²) in [4.78, 5) is 34.3. The Balaban J connectivity index is 2.77. The second-order valence-electron chi connectivity index (χ2n) is 4.77. The van der Waals surface area contributed by atoms with Crippen molar-refractivity contribution in [2.75, 3.05) is 0 Å². The van der Waals surface area contributed by atoms with Gasteiger partial charge in [0.25, 0.3) is 5.91 Å². The zero-order valence-electron chi connectivity index (χ0n) is 11.8. The van der Waals surface area contributed by atoms with Crippen LogP contribution in [0.15, 0.2) is 30.3 Å². The van der Waals surface area contributed by atoms with Gasteiger partial charge in [-0.3, -0.25) is 10.1 Å². The molecule has 0 aliphatic rings. The van der Waals surface area contributed by atoms with Gasteiger partial charge in [0.2, 0.25) is 0 Å². The lowest BCUT2D eigenvalue weighted by Crippen LogP contribution is -2.46. The smallest absolute Gasteiger partial charge is 0.340 e. The molecule has 3 amide bonds. The van der Waals surface area contributed by atoms with Crippen molar-refractivity contribution in [3.8, 4) is 0 Å². The Kier molecular flexibility index (Phi) is 5.86. The number of urea groups is 1. The van der Waals surface area contributed by atoms with Crippen molar-refractivity contribution in [1.82, 2.24) is 5.32 Å². The summed E-state index contributed by atoms with van der Waals surface area (Å²) in [5.41, 5.74) is 5.20. The van der Waals surface area contributed by atoms with Gasteiger partial charge in [-0.15, -0.1) is 0 Å². The van der Waals surface area contributed by atoms with Crippen LogP contribution >= 0.6 is 0 Å². The summed E-state index contributed by atoms with van der Waals surface area (Å²) >= 11 is 0. The molecule has 0 bridgehead atoms. The summed E-state index contributed by atoms with van der Waals surface area (Å²) in [7, 11) is 0. The lowest BCUT2D eigenvalue weighted by Gasteiger charge is -2.21. The van der Waals surface area contributed by atoms with Crippen molar-refractivity contribution in [3.63, 3.8) is 0 Å². The minimum absolute atomic E-state index is 0.348. The number of nitrogens with two attached hydrogens (primary N) is 1. The number of aliphatic hydroxyl groups is 1. The Morgan fingerprint density at radius 2 is 1.76 bits per heavy atom. The topological polar surface area (TPSA) is 119 Å². The Hall–Kier alpha value is -2.41. The van der Waals surface area contributed by atoms with E-state index in [1.807, 2.05) is 5.32 Å². The van der Waals surface area contributed by atoms with E-state index in [1.165, 1.54) is 0 Å². The van der Waals surface area contributed by atoms with Crippen molar-refractivity contribution in [2.24, 2.45) is 11.7 Å². The van der Waals surface area contributed by atoms with Crippen LogP contribution in [0.1, 0.15) is 25.5 Å². The highest BCUT2D eigenvalue weighted by Gasteiger charge is 2.30. The Morgan fingerprint density at radius 3 is 2.24 bits per heavy atom. The third-order valence-electron chi connectivity index (χ3n) is 2.69. The average molecular weight is 294 g/mol. The first-order valence-electron chi connectivity index (χ1n) is 6.36. The van der Waals surface area contributed by atoms with E-state index in [2.05, 4.69) is 0 Å². The largest absolute Gasteiger partial charge is 0.450 e. The van der Waals surface area contributed by atoms with Gasteiger partial charge in [-0.2, -0.15) is 0 Å². The fourth-order valence-electron chi connectivity index (χ4n) is 1.65. The van der Waals surface area contributed by atoms with Gasteiger partial charge in [0.15, 0.2) is 12.2 Å². The molecule has 1 aromatic carbocycles. The summed E-state index contributed by atoms with van der Waals surface area (Å²) < 4.78 is 4.98. The van der Waals surface area contributed by atoms with Crippen molar-refractivity contribution in [3.05, 3.63) is 35.9 Å². The molecule has 7 nitrogen and oxygen atoms in total. The van der Waals surface area contributed by atoms with Gasteiger partial charge in [0.05, 0.1) is 0 Å². The zero-order valence-corrected chi connectivity index (χ0v) is 11.8. The Bertz CT molecular complexity index is 515. The quantitative estimate of drug-likeness (QED) is 0.683. The Labute approximate surface area is 122 Å². The second kappa shape index (κ2) is 7.39. The number of rotatable bonds is 5. The summed E-state index contributed by atoms with van der Waals surface area (Å²) in [5, 5.41) is 11.7. The van der Waals surface area contributed by atoms with Gasteiger partial charge in [-0.05, 0) is 11.5 Å². The molecule has 0 unspecified atom stereocenters. The molecule has 4 N–H and O–H groups in total. The summed E-state index contributed by atoms with van der Waals surface area (Å²) in [6, 6.07) is 7.13. The van der Waals surface area contributed by atoms with E-state index in [0.29, 0.717) is 5.56 Å². The van der Waals surface area contributed by atoms with E-state index in [1.54, 1.807) is 44.2 Å². The van der Waals surface area contributed by atoms with E-state index in [4.69, 9.17) is 10.5 Å². The number of esters is 1. The number of benzene rings is 1. The lowest BCUT2D eigenvalue weighted by atomic mass is 10.1. The van der Waals surface area contributed by atoms with Crippen LogP contribution in [-0.2, 0) is 14.3 Å². The molecule has 0 fully saturated rings. The molecule has 0 aliphatic heterocycles. The van der Waals surface area contributed by atoms with Crippen molar-refractivity contribution in [1.29, 1.82) is 0 Å². The first-order valence-corrected chi connectivity index (χ1v) is 6.36. The average Bonchev–Trinajstić information content (AvgIpc) is 2.43.